The Morgan fingerprint density at radius 2 is 2.00 bits per heavy atom. The normalized spacial score (nSPS) is 12.5. The molecule has 0 spiro atoms. The van der Waals surface area contributed by atoms with Crippen molar-refractivity contribution < 1.29 is 13.2 Å². The van der Waals surface area contributed by atoms with Crippen molar-refractivity contribution in [3.05, 3.63) is 0 Å². The predicted molar refractivity (Wildman–Crippen MR) is 70.2 cm³/mol. The molecule has 102 valence electrons. The maximum Gasteiger partial charge on any atom is 0.191 e. The highest BCUT2D eigenvalue weighted by Gasteiger charge is 2.02. The number of nitrogens with one attached hydrogen (secondary N) is 2. The average molecular weight is 265 g/mol. The summed E-state index contributed by atoms with van der Waals surface area (Å²) < 4.78 is 27.1. The van der Waals surface area contributed by atoms with Crippen LogP contribution in [0.1, 0.15) is 13.8 Å². The van der Waals surface area contributed by atoms with Gasteiger partial charge in [-0.1, -0.05) is 0 Å². The van der Waals surface area contributed by atoms with E-state index in [2.05, 4.69) is 15.6 Å². The van der Waals surface area contributed by atoms with Crippen LogP contribution in [0.4, 0.5) is 0 Å². The van der Waals surface area contributed by atoms with Crippen molar-refractivity contribution in [2.24, 2.45) is 4.99 Å². The monoisotopic (exact) mass is 265 g/mol. The summed E-state index contributed by atoms with van der Waals surface area (Å²) >= 11 is 0. The standard InChI is InChI=1S/C10H23N3O3S/c1-4-11-10(12-6-8-16-5-2)13-7-9-17(3,14)15/h4-9H2,1-3H3,(H2,11,12,13). The van der Waals surface area contributed by atoms with Gasteiger partial charge in [-0.2, -0.15) is 0 Å². The predicted octanol–water partition coefficient (Wildman–Crippen LogP) is -0.377. The van der Waals surface area contributed by atoms with E-state index in [9.17, 15) is 8.42 Å². The summed E-state index contributed by atoms with van der Waals surface area (Å²) in [4.78, 5) is 4.25. The van der Waals surface area contributed by atoms with Crippen LogP contribution < -0.4 is 10.6 Å². The lowest BCUT2D eigenvalue weighted by Gasteiger charge is -2.10. The van der Waals surface area contributed by atoms with Crippen LogP contribution in [0, 0.1) is 0 Å². The molecule has 0 bridgehead atoms. The molecule has 2 N–H and O–H groups in total. The quantitative estimate of drug-likeness (QED) is 0.355. The molecule has 0 rings (SSSR count). The van der Waals surface area contributed by atoms with E-state index < -0.39 is 9.84 Å². The van der Waals surface area contributed by atoms with Crippen LogP contribution in [-0.4, -0.2) is 59.2 Å². The molecule has 0 aromatic heterocycles. The molecule has 0 atom stereocenters. The third-order valence-electron chi connectivity index (χ3n) is 1.82. The SMILES string of the molecule is CCNC(=NCCOCC)NCCS(C)(=O)=O. The number of rotatable bonds is 8. The number of guanidine groups is 1. The summed E-state index contributed by atoms with van der Waals surface area (Å²) in [6.07, 6.45) is 1.22. The second-order valence-corrected chi connectivity index (χ2v) is 5.77. The molecule has 0 aromatic rings. The van der Waals surface area contributed by atoms with E-state index in [4.69, 9.17) is 4.74 Å². The van der Waals surface area contributed by atoms with Crippen molar-refractivity contribution in [3.63, 3.8) is 0 Å². The van der Waals surface area contributed by atoms with Gasteiger partial charge in [-0.25, -0.2) is 8.42 Å². The van der Waals surface area contributed by atoms with E-state index in [1.807, 2.05) is 13.8 Å². The van der Waals surface area contributed by atoms with Crippen molar-refractivity contribution >= 4 is 15.8 Å². The van der Waals surface area contributed by atoms with Crippen LogP contribution in [-0.2, 0) is 14.6 Å². The molecule has 0 unspecified atom stereocenters. The molecule has 6 nitrogen and oxygen atoms in total. The second-order valence-electron chi connectivity index (χ2n) is 3.51. The van der Waals surface area contributed by atoms with Gasteiger partial charge in [0.2, 0.25) is 0 Å². The van der Waals surface area contributed by atoms with Gasteiger partial charge in [-0.3, -0.25) is 4.99 Å². The molecular formula is C10H23N3O3S. The zero-order chi connectivity index (χ0) is 13.1. The number of hydrogen-bond acceptors (Lipinski definition) is 4. The minimum absolute atomic E-state index is 0.100. The Kier molecular flexibility index (Phi) is 8.79. The third-order valence-corrected chi connectivity index (χ3v) is 2.76. The first kappa shape index (κ1) is 16.2. The number of aliphatic imine (C=N–C) groups is 1. The molecule has 0 saturated carbocycles. The van der Waals surface area contributed by atoms with Crippen LogP contribution in [0.2, 0.25) is 0 Å². The largest absolute Gasteiger partial charge is 0.380 e. The Morgan fingerprint density at radius 3 is 2.53 bits per heavy atom. The van der Waals surface area contributed by atoms with E-state index in [1.54, 1.807) is 0 Å². The molecule has 0 aliphatic carbocycles. The lowest BCUT2D eigenvalue weighted by molar-refractivity contribution is 0.155. The van der Waals surface area contributed by atoms with Gasteiger partial charge < -0.3 is 15.4 Å². The van der Waals surface area contributed by atoms with Crippen LogP contribution in [0.25, 0.3) is 0 Å². The fourth-order valence-electron chi connectivity index (χ4n) is 1.06. The van der Waals surface area contributed by atoms with Gasteiger partial charge in [-0.15, -0.1) is 0 Å². The lowest BCUT2D eigenvalue weighted by atomic mass is 10.6. The van der Waals surface area contributed by atoms with E-state index in [-0.39, 0.29) is 5.75 Å². The molecule has 0 aromatic carbocycles. The molecule has 17 heavy (non-hydrogen) atoms. The lowest BCUT2D eigenvalue weighted by Crippen LogP contribution is -2.39. The van der Waals surface area contributed by atoms with E-state index >= 15 is 0 Å². The van der Waals surface area contributed by atoms with Gasteiger partial charge >= 0.3 is 0 Å². The molecule has 0 saturated heterocycles. The summed E-state index contributed by atoms with van der Waals surface area (Å²) in [6.45, 7) is 6.78. The average Bonchev–Trinajstić information content (AvgIpc) is 2.22. The second kappa shape index (κ2) is 9.23. The van der Waals surface area contributed by atoms with Crippen molar-refractivity contribution in [1.29, 1.82) is 0 Å². The highest BCUT2D eigenvalue weighted by molar-refractivity contribution is 7.90. The Balaban J connectivity index is 3.96. The summed E-state index contributed by atoms with van der Waals surface area (Å²) in [5.41, 5.74) is 0. The summed E-state index contributed by atoms with van der Waals surface area (Å²) in [6, 6.07) is 0. The first-order valence-electron chi connectivity index (χ1n) is 5.77. The Bertz CT molecular complexity index is 315. The van der Waals surface area contributed by atoms with Crippen LogP contribution in [0.5, 0.6) is 0 Å². The molecule has 0 heterocycles. The molecule has 0 aliphatic rings. The smallest absolute Gasteiger partial charge is 0.191 e. The van der Waals surface area contributed by atoms with Crippen LogP contribution in [0.15, 0.2) is 4.99 Å². The Morgan fingerprint density at radius 1 is 1.29 bits per heavy atom. The topological polar surface area (TPSA) is 79.8 Å². The number of sulfone groups is 1. The third kappa shape index (κ3) is 11.4. The van der Waals surface area contributed by atoms with Gasteiger partial charge in [0.25, 0.3) is 0 Å². The maximum absolute atomic E-state index is 10.9. The summed E-state index contributed by atoms with van der Waals surface area (Å²) in [5, 5.41) is 5.99. The van der Waals surface area contributed by atoms with Crippen molar-refractivity contribution in [1.82, 2.24) is 10.6 Å². The number of ether oxygens (including phenoxy) is 1. The van der Waals surface area contributed by atoms with Crippen LogP contribution in [0.3, 0.4) is 0 Å². The van der Waals surface area contributed by atoms with E-state index in [0.29, 0.717) is 32.3 Å². The minimum Gasteiger partial charge on any atom is -0.380 e. The number of hydrogen-bond donors (Lipinski definition) is 2. The molecular weight excluding hydrogens is 242 g/mol. The van der Waals surface area contributed by atoms with Gasteiger partial charge in [0, 0.05) is 26.0 Å². The van der Waals surface area contributed by atoms with Crippen molar-refractivity contribution in [2.45, 2.75) is 13.8 Å². The van der Waals surface area contributed by atoms with Crippen molar-refractivity contribution in [3.8, 4) is 0 Å². The van der Waals surface area contributed by atoms with Gasteiger partial charge in [0.1, 0.15) is 9.84 Å². The van der Waals surface area contributed by atoms with Gasteiger partial charge in [-0.05, 0) is 13.8 Å². The zero-order valence-electron chi connectivity index (χ0n) is 10.8. The molecule has 0 aliphatic heterocycles. The fourth-order valence-corrected chi connectivity index (χ4v) is 1.54. The highest BCUT2D eigenvalue weighted by atomic mass is 32.2. The molecule has 7 heteroatoms. The van der Waals surface area contributed by atoms with Gasteiger partial charge in [0.15, 0.2) is 5.96 Å². The first-order chi connectivity index (χ1) is 7.99. The summed E-state index contributed by atoms with van der Waals surface area (Å²) in [5.74, 6) is 0.721. The fraction of sp³-hybridized carbons (Fsp3) is 0.900. The van der Waals surface area contributed by atoms with Crippen molar-refractivity contribution in [2.75, 3.05) is 44.9 Å². The van der Waals surface area contributed by atoms with Crippen LogP contribution >= 0.6 is 0 Å². The molecule has 0 amide bonds. The van der Waals surface area contributed by atoms with E-state index in [0.717, 1.165) is 6.54 Å². The first-order valence-corrected chi connectivity index (χ1v) is 7.83. The Hall–Kier alpha value is -0.820. The zero-order valence-corrected chi connectivity index (χ0v) is 11.6. The Labute approximate surface area is 104 Å². The molecule has 0 fully saturated rings. The maximum atomic E-state index is 10.9. The number of nitrogens with zero attached hydrogens (tertiary/aromatic N) is 1. The minimum atomic E-state index is -2.93. The van der Waals surface area contributed by atoms with E-state index in [1.165, 1.54) is 6.26 Å². The summed E-state index contributed by atoms with van der Waals surface area (Å²) in [7, 11) is -2.93. The highest BCUT2D eigenvalue weighted by Crippen LogP contribution is 1.81. The molecule has 0 radical (unpaired) electrons. The van der Waals surface area contributed by atoms with Gasteiger partial charge in [0.05, 0.1) is 18.9 Å².